The Morgan fingerprint density at radius 1 is 1.44 bits per heavy atom. The third-order valence-corrected chi connectivity index (χ3v) is 4.99. The Labute approximate surface area is 109 Å². The molecule has 0 bridgehead atoms. The highest BCUT2D eigenvalue weighted by Gasteiger charge is 2.44. The van der Waals surface area contributed by atoms with Crippen molar-refractivity contribution in [1.29, 1.82) is 0 Å². The zero-order valence-electron chi connectivity index (χ0n) is 11.2. The number of hydrogen-bond acceptors (Lipinski definition) is 3. The number of carbonyl (C=O) groups is 1. The van der Waals surface area contributed by atoms with E-state index in [4.69, 9.17) is 4.74 Å². The molecule has 0 radical (unpaired) electrons. The molecule has 3 rings (SSSR count). The lowest BCUT2D eigenvalue weighted by atomic mass is 9.93. The summed E-state index contributed by atoms with van der Waals surface area (Å²) in [6.07, 6.45) is 4.84. The Hall–Kier alpha value is -0.610. The number of rotatable bonds is 2. The molecule has 4 nitrogen and oxygen atoms in total. The molecule has 0 spiro atoms. The zero-order chi connectivity index (χ0) is 12.5. The quantitative estimate of drug-likeness (QED) is 0.797. The molecule has 2 aliphatic heterocycles. The second kappa shape index (κ2) is 5.17. The molecule has 2 heterocycles. The van der Waals surface area contributed by atoms with Gasteiger partial charge in [-0.2, -0.15) is 0 Å². The van der Waals surface area contributed by atoms with Gasteiger partial charge in [0.1, 0.15) is 0 Å². The topological polar surface area (TPSA) is 41.6 Å². The van der Waals surface area contributed by atoms with Crippen LogP contribution in [-0.2, 0) is 9.53 Å². The summed E-state index contributed by atoms with van der Waals surface area (Å²) >= 11 is 0. The average Bonchev–Trinajstić information content (AvgIpc) is 3.00. The summed E-state index contributed by atoms with van der Waals surface area (Å²) in [5.41, 5.74) is 0. The number of amides is 1. The molecule has 2 saturated heterocycles. The third-order valence-electron chi connectivity index (χ3n) is 4.99. The van der Waals surface area contributed by atoms with Crippen molar-refractivity contribution < 1.29 is 9.53 Å². The van der Waals surface area contributed by atoms with Crippen LogP contribution in [0.2, 0.25) is 0 Å². The van der Waals surface area contributed by atoms with Crippen LogP contribution in [0, 0.1) is 11.8 Å². The van der Waals surface area contributed by atoms with Gasteiger partial charge < -0.3 is 15.0 Å². The summed E-state index contributed by atoms with van der Waals surface area (Å²) < 4.78 is 5.49. The largest absolute Gasteiger partial charge is 0.377 e. The van der Waals surface area contributed by atoms with Crippen LogP contribution in [0.25, 0.3) is 0 Å². The molecular formula is C14H24N2O2. The van der Waals surface area contributed by atoms with Crippen LogP contribution in [0.4, 0.5) is 0 Å². The fourth-order valence-electron chi connectivity index (χ4n) is 3.92. The van der Waals surface area contributed by atoms with E-state index in [0.29, 0.717) is 25.0 Å². The number of morpholine rings is 1. The second-order valence-corrected chi connectivity index (χ2v) is 5.91. The first-order chi connectivity index (χ1) is 8.81. The van der Waals surface area contributed by atoms with E-state index in [-0.39, 0.29) is 12.1 Å². The van der Waals surface area contributed by atoms with Gasteiger partial charge in [0.2, 0.25) is 5.91 Å². The monoisotopic (exact) mass is 252 g/mol. The Bertz CT molecular complexity index is 315. The maximum atomic E-state index is 12.7. The molecular weight excluding hydrogens is 228 g/mol. The first-order valence-corrected chi connectivity index (χ1v) is 7.43. The van der Waals surface area contributed by atoms with Gasteiger partial charge in [0.05, 0.1) is 25.3 Å². The van der Waals surface area contributed by atoms with Crippen LogP contribution in [0.1, 0.15) is 32.6 Å². The van der Waals surface area contributed by atoms with Crippen molar-refractivity contribution in [3.63, 3.8) is 0 Å². The molecule has 1 aliphatic carbocycles. The average molecular weight is 252 g/mol. The summed E-state index contributed by atoms with van der Waals surface area (Å²) in [5.74, 6) is 1.68. The lowest BCUT2D eigenvalue weighted by Gasteiger charge is -2.37. The fourth-order valence-corrected chi connectivity index (χ4v) is 3.92. The lowest BCUT2D eigenvalue weighted by molar-refractivity contribution is -0.143. The third kappa shape index (κ3) is 2.05. The number of fused-ring (bicyclic) bond motifs is 1. The lowest BCUT2D eigenvalue weighted by Crippen LogP contribution is -2.55. The van der Waals surface area contributed by atoms with Gasteiger partial charge in [0.25, 0.3) is 0 Å². The second-order valence-electron chi connectivity index (χ2n) is 5.91. The summed E-state index contributed by atoms with van der Waals surface area (Å²) in [6, 6.07) is 0.373. The van der Waals surface area contributed by atoms with Crippen molar-refractivity contribution in [3.05, 3.63) is 0 Å². The molecule has 0 aromatic heterocycles. The maximum Gasteiger partial charge on any atom is 0.240 e. The predicted octanol–water partition coefficient (Wildman–Crippen LogP) is 1.01. The zero-order valence-corrected chi connectivity index (χ0v) is 11.2. The molecule has 1 amide bonds. The van der Waals surface area contributed by atoms with Crippen molar-refractivity contribution >= 4 is 5.91 Å². The number of nitrogens with zero attached hydrogens (tertiary/aromatic N) is 1. The van der Waals surface area contributed by atoms with Crippen molar-refractivity contribution in [2.45, 2.75) is 44.7 Å². The maximum absolute atomic E-state index is 12.7. The van der Waals surface area contributed by atoms with E-state index in [1.165, 1.54) is 19.3 Å². The van der Waals surface area contributed by atoms with Crippen LogP contribution in [-0.4, -0.2) is 49.2 Å². The molecule has 4 atom stereocenters. The number of carbonyl (C=O) groups excluding carboxylic acids is 1. The van der Waals surface area contributed by atoms with E-state index in [9.17, 15) is 4.79 Å². The smallest absolute Gasteiger partial charge is 0.240 e. The molecule has 102 valence electrons. The molecule has 1 N–H and O–H groups in total. The Morgan fingerprint density at radius 2 is 2.33 bits per heavy atom. The van der Waals surface area contributed by atoms with Crippen molar-refractivity contribution in [2.24, 2.45) is 11.8 Å². The summed E-state index contributed by atoms with van der Waals surface area (Å²) in [5, 5.41) is 3.47. The number of nitrogens with one attached hydrogen (secondary N) is 1. The molecule has 3 fully saturated rings. The van der Waals surface area contributed by atoms with E-state index < -0.39 is 0 Å². The van der Waals surface area contributed by atoms with Crippen molar-refractivity contribution in [3.8, 4) is 0 Å². The van der Waals surface area contributed by atoms with Gasteiger partial charge in [0.15, 0.2) is 0 Å². The van der Waals surface area contributed by atoms with Gasteiger partial charge >= 0.3 is 0 Å². The van der Waals surface area contributed by atoms with Gasteiger partial charge in [-0.1, -0.05) is 13.3 Å². The number of ether oxygens (including phenoxy) is 1. The molecule has 18 heavy (non-hydrogen) atoms. The Kier molecular flexibility index (Phi) is 3.57. The fraction of sp³-hybridized carbons (Fsp3) is 0.929. The number of hydrogen-bond donors (Lipinski definition) is 1. The molecule has 3 aliphatic rings. The van der Waals surface area contributed by atoms with Gasteiger partial charge in [-0.15, -0.1) is 0 Å². The van der Waals surface area contributed by atoms with Gasteiger partial charge in [-0.25, -0.2) is 0 Å². The molecule has 4 unspecified atom stereocenters. The molecule has 0 aromatic carbocycles. The molecule has 1 saturated carbocycles. The Morgan fingerprint density at radius 3 is 3.17 bits per heavy atom. The molecule has 0 aromatic rings. The SMILES string of the molecule is CCC1COCCN1C(=O)C1NCC2CCCC21. The van der Waals surface area contributed by atoms with Gasteiger partial charge in [0, 0.05) is 6.54 Å². The van der Waals surface area contributed by atoms with Crippen LogP contribution in [0.15, 0.2) is 0 Å². The van der Waals surface area contributed by atoms with E-state index >= 15 is 0 Å². The van der Waals surface area contributed by atoms with Crippen LogP contribution < -0.4 is 5.32 Å². The highest BCUT2D eigenvalue weighted by atomic mass is 16.5. The summed E-state index contributed by atoms with van der Waals surface area (Å²) in [4.78, 5) is 14.8. The van der Waals surface area contributed by atoms with E-state index in [1.54, 1.807) is 0 Å². The normalized spacial score (nSPS) is 39.9. The summed E-state index contributed by atoms with van der Waals surface area (Å²) in [6.45, 7) is 5.36. The van der Waals surface area contributed by atoms with Gasteiger partial charge in [-0.3, -0.25) is 4.79 Å². The van der Waals surface area contributed by atoms with E-state index in [1.807, 2.05) is 0 Å². The highest BCUT2D eigenvalue weighted by Crippen LogP contribution is 2.38. The Balaban J connectivity index is 1.69. The van der Waals surface area contributed by atoms with Crippen LogP contribution >= 0.6 is 0 Å². The standard InChI is InChI=1S/C14H24N2O2/c1-2-11-9-18-7-6-16(11)14(17)13-12-5-3-4-10(12)8-15-13/h10-13,15H,2-9H2,1H3. The van der Waals surface area contributed by atoms with Crippen molar-refractivity contribution in [2.75, 3.05) is 26.3 Å². The van der Waals surface area contributed by atoms with Crippen LogP contribution in [0.5, 0.6) is 0 Å². The first kappa shape index (κ1) is 12.4. The first-order valence-electron chi connectivity index (χ1n) is 7.43. The minimum Gasteiger partial charge on any atom is -0.377 e. The predicted molar refractivity (Wildman–Crippen MR) is 69.2 cm³/mol. The molecule has 4 heteroatoms. The summed E-state index contributed by atoms with van der Waals surface area (Å²) in [7, 11) is 0. The van der Waals surface area contributed by atoms with Gasteiger partial charge in [-0.05, 0) is 37.6 Å². The van der Waals surface area contributed by atoms with E-state index in [2.05, 4.69) is 17.1 Å². The van der Waals surface area contributed by atoms with Crippen molar-refractivity contribution in [1.82, 2.24) is 10.2 Å². The minimum absolute atomic E-state index is 0.0876. The highest BCUT2D eigenvalue weighted by molar-refractivity contribution is 5.83. The van der Waals surface area contributed by atoms with Crippen LogP contribution in [0.3, 0.4) is 0 Å². The minimum atomic E-state index is 0.0876. The van der Waals surface area contributed by atoms with E-state index in [0.717, 1.165) is 25.4 Å².